The lowest BCUT2D eigenvalue weighted by atomic mass is 9.95. The Morgan fingerprint density at radius 1 is 1.10 bits per heavy atom. The summed E-state index contributed by atoms with van der Waals surface area (Å²) < 4.78 is 13.4. The molecule has 4 aromatic rings. The number of fused-ring (bicyclic) bond motifs is 1. The van der Waals surface area contributed by atoms with Crippen molar-refractivity contribution in [2.24, 2.45) is 0 Å². The van der Waals surface area contributed by atoms with E-state index in [1.807, 2.05) is 42.6 Å². The van der Waals surface area contributed by atoms with E-state index in [0.717, 1.165) is 24.0 Å². The highest BCUT2D eigenvalue weighted by molar-refractivity contribution is 6.46. The molecule has 1 aliphatic rings. The number of pyridine rings is 2. The fourth-order valence-electron chi connectivity index (χ4n) is 5.05. The fraction of sp³-hybridized carbons (Fsp3) is 0.290. The molecule has 0 saturated carbocycles. The normalized spacial score (nSPS) is 16.6. The van der Waals surface area contributed by atoms with Crippen LogP contribution in [0.5, 0.6) is 11.5 Å². The third-order valence-electron chi connectivity index (χ3n) is 7.18. The third kappa shape index (κ3) is 4.79. The van der Waals surface area contributed by atoms with E-state index in [0.29, 0.717) is 35.0 Å². The van der Waals surface area contributed by atoms with Crippen LogP contribution in [-0.4, -0.2) is 49.8 Å². The van der Waals surface area contributed by atoms with Crippen LogP contribution >= 0.6 is 0 Å². The zero-order valence-electron chi connectivity index (χ0n) is 23.0. The number of benzene rings is 1. The number of rotatable bonds is 9. The van der Waals surface area contributed by atoms with E-state index in [1.165, 1.54) is 4.90 Å². The molecular weight excluding hydrogens is 508 g/mol. The second kappa shape index (κ2) is 11.2. The van der Waals surface area contributed by atoms with E-state index in [-0.39, 0.29) is 23.6 Å². The molecule has 9 heteroatoms. The minimum absolute atomic E-state index is 0.0280. The smallest absolute Gasteiger partial charge is 0.295 e. The average Bonchev–Trinajstić information content (AvgIpc) is 3.43. The van der Waals surface area contributed by atoms with Crippen molar-refractivity contribution in [1.82, 2.24) is 19.3 Å². The number of hydrogen-bond donors (Lipinski definition) is 1. The number of aliphatic hydroxyl groups excluding tert-OH is 1. The van der Waals surface area contributed by atoms with Gasteiger partial charge in [-0.3, -0.25) is 14.6 Å². The molecule has 0 bridgehead atoms. The summed E-state index contributed by atoms with van der Waals surface area (Å²) in [7, 11) is 1.54. The Morgan fingerprint density at radius 3 is 2.62 bits per heavy atom. The predicted molar refractivity (Wildman–Crippen MR) is 150 cm³/mol. The average molecular weight is 541 g/mol. The number of ether oxygens (including phenoxy) is 2. The number of unbranched alkanes of at least 4 members (excludes halogenated alkanes) is 1. The van der Waals surface area contributed by atoms with Crippen LogP contribution in [0.1, 0.15) is 53.9 Å². The highest BCUT2D eigenvalue weighted by Crippen LogP contribution is 2.43. The number of nitrogens with zero attached hydrogens (tertiary/aromatic N) is 4. The zero-order valence-corrected chi connectivity index (χ0v) is 23.0. The van der Waals surface area contributed by atoms with Crippen molar-refractivity contribution in [3.05, 3.63) is 94.7 Å². The van der Waals surface area contributed by atoms with Crippen molar-refractivity contribution in [3.8, 4) is 11.5 Å². The maximum atomic E-state index is 13.6. The maximum absolute atomic E-state index is 13.6. The Labute approximate surface area is 232 Å². The van der Waals surface area contributed by atoms with E-state index in [2.05, 4.69) is 16.9 Å². The minimum atomic E-state index is -0.885. The number of hydrogen-bond acceptors (Lipinski definition) is 7. The van der Waals surface area contributed by atoms with Crippen LogP contribution in [0.2, 0.25) is 0 Å². The van der Waals surface area contributed by atoms with Gasteiger partial charge in [0.1, 0.15) is 11.3 Å². The number of imidazole rings is 1. The lowest BCUT2D eigenvalue weighted by Crippen LogP contribution is -2.29. The molecule has 1 amide bonds. The standard InChI is InChI=1S/C31H32N4O5/c1-5-6-15-40-23-12-11-22(16-24(23)39-4)27-25(29(37)31(38)35(27)18-21-10-7-13-32-17-21)28(36)26-20(3)34-14-8-9-19(2)30(34)33-26/h7-14,16-17,27,36H,5-6,15,18H2,1-4H3. The summed E-state index contributed by atoms with van der Waals surface area (Å²) in [6, 6.07) is 11.9. The Balaban J connectivity index is 1.67. The van der Waals surface area contributed by atoms with Crippen molar-refractivity contribution >= 4 is 23.1 Å². The molecule has 1 fully saturated rings. The van der Waals surface area contributed by atoms with Gasteiger partial charge < -0.3 is 23.9 Å². The number of methoxy groups -OCH3 is 1. The number of ketones is 1. The number of aryl methyl sites for hydroxylation is 2. The summed E-state index contributed by atoms with van der Waals surface area (Å²) in [4.78, 5) is 37.3. The molecule has 9 nitrogen and oxygen atoms in total. The van der Waals surface area contributed by atoms with Crippen LogP contribution in [0, 0.1) is 13.8 Å². The summed E-state index contributed by atoms with van der Waals surface area (Å²) in [5, 5.41) is 11.7. The van der Waals surface area contributed by atoms with E-state index in [1.54, 1.807) is 43.8 Å². The molecule has 0 spiro atoms. The number of aliphatic hydroxyl groups is 1. The highest BCUT2D eigenvalue weighted by atomic mass is 16.5. The van der Waals surface area contributed by atoms with Gasteiger partial charge in [-0.25, -0.2) is 4.98 Å². The molecule has 1 atom stereocenters. The van der Waals surface area contributed by atoms with Crippen molar-refractivity contribution < 1.29 is 24.2 Å². The minimum Gasteiger partial charge on any atom is -0.505 e. The summed E-state index contributed by atoms with van der Waals surface area (Å²) in [6.45, 7) is 6.50. The molecule has 4 heterocycles. The molecule has 206 valence electrons. The van der Waals surface area contributed by atoms with Gasteiger partial charge in [-0.1, -0.05) is 31.5 Å². The molecule has 0 radical (unpaired) electrons. The lowest BCUT2D eigenvalue weighted by Gasteiger charge is -2.26. The first-order valence-corrected chi connectivity index (χ1v) is 13.3. The van der Waals surface area contributed by atoms with Crippen LogP contribution in [0.4, 0.5) is 0 Å². The monoisotopic (exact) mass is 540 g/mol. The zero-order chi connectivity index (χ0) is 28.4. The molecule has 1 aromatic carbocycles. The topological polar surface area (TPSA) is 106 Å². The van der Waals surface area contributed by atoms with Gasteiger partial charge in [0.25, 0.3) is 11.7 Å². The Hall–Kier alpha value is -4.66. The summed E-state index contributed by atoms with van der Waals surface area (Å²) in [5.74, 6) is -0.771. The van der Waals surface area contributed by atoms with Gasteiger partial charge in [-0.2, -0.15) is 0 Å². The van der Waals surface area contributed by atoms with E-state index < -0.39 is 17.7 Å². The highest BCUT2D eigenvalue weighted by Gasteiger charge is 2.47. The van der Waals surface area contributed by atoms with Crippen molar-refractivity contribution in [1.29, 1.82) is 0 Å². The number of carbonyl (C=O) groups excluding carboxylic acids is 2. The maximum Gasteiger partial charge on any atom is 0.295 e. The molecule has 1 aliphatic heterocycles. The van der Waals surface area contributed by atoms with Crippen LogP contribution in [0.3, 0.4) is 0 Å². The van der Waals surface area contributed by atoms with Gasteiger partial charge in [-0.05, 0) is 61.2 Å². The number of amides is 1. The molecule has 40 heavy (non-hydrogen) atoms. The summed E-state index contributed by atoms with van der Waals surface area (Å²) >= 11 is 0. The van der Waals surface area contributed by atoms with Gasteiger partial charge in [-0.15, -0.1) is 0 Å². The Bertz CT molecular complexity index is 1610. The second-order valence-electron chi connectivity index (χ2n) is 9.83. The first kappa shape index (κ1) is 26.9. The van der Waals surface area contributed by atoms with Gasteiger partial charge in [0, 0.05) is 25.1 Å². The van der Waals surface area contributed by atoms with E-state index >= 15 is 0 Å². The predicted octanol–water partition coefficient (Wildman–Crippen LogP) is 5.16. The number of aromatic nitrogens is 3. The second-order valence-corrected chi connectivity index (χ2v) is 9.83. The van der Waals surface area contributed by atoms with Crippen molar-refractivity contribution in [3.63, 3.8) is 0 Å². The molecule has 1 N–H and O–H groups in total. The van der Waals surface area contributed by atoms with Gasteiger partial charge in [0.2, 0.25) is 0 Å². The van der Waals surface area contributed by atoms with Crippen LogP contribution in [0.25, 0.3) is 11.4 Å². The lowest BCUT2D eigenvalue weighted by molar-refractivity contribution is -0.140. The summed E-state index contributed by atoms with van der Waals surface area (Å²) in [5.41, 5.74) is 3.82. The van der Waals surface area contributed by atoms with Crippen LogP contribution in [0.15, 0.2) is 66.6 Å². The molecule has 0 aliphatic carbocycles. The molecule has 1 unspecified atom stereocenters. The fourth-order valence-corrected chi connectivity index (χ4v) is 5.05. The van der Waals surface area contributed by atoms with Gasteiger partial charge in [0.15, 0.2) is 17.3 Å². The van der Waals surface area contributed by atoms with E-state index in [4.69, 9.17) is 9.47 Å². The SMILES string of the molecule is CCCCOc1ccc(C2C(=C(O)c3nc4c(C)cccn4c3C)C(=O)C(=O)N2Cc2cccnc2)cc1OC. The largest absolute Gasteiger partial charge is 0.505 e. The molecule has 5 rings (SSSR count). The molecular formula is C31H32N4O5. The quantitative estimate of drug-likeness (QED) is 0.135. The number of Topliss-reactive ketones (excluding diaryl/α,β-unsaturated/α-hetero) is 1. The Kier molecular flexibility index (Phi) is 7.55. The van der Waals surface area contributed by atoms with Crippen LogP contribution < -0.4 is 9.47 Å². The summed E-state index contributed by atoms with van der Waals surface area (Å²) in [6.07, 6.45) is 7.03. The first-order chi connectivity index (χ1) is 19.3. The number of carbonyl (C=O) groups is 2. The van der Waals surface area contributed by atoms with Crippen molar-refractivity contribution in [2.45, 2.75) is 46.2 Å². The van der Waals surface area contributed by atoms with Crippen LogP contribution in [-0.2, 0) is 16.1 Å². The van der Waals surface area contributed by atoms with Gasteiger partial charge >= 0.3 is 0 Å². The molecule has 1 saturated heterocycles. The third-order valence-corrected chi connectivity index (χ3v) is 7.18. The van der Waals surface area contributed by atoms with Gasteiger partial charge in [0.05, 0.1) is 31.0 Å². The first-order valence-electron chi connectivity index (χ1n) is 13.3. The van der Waals surface area contributed by atoms with Crippen molar-refractivity contribution in [2.75, 3.05) is 13.7 Å². The number of likely N-dealkylation sites (tertiary alicyclic amines) is 1. The molecule has 3 aromatic heterocycles. The van der Waals surface area contributed by atoms with E-state index in [9.17, 15) is 14.7 Å². The Morgan fingerprint density at radius 2 is 1.93 bits per heavy atom.